The number of piperidine rings is 2. The van der Waals surface area contributed by atoms with Gasteiger partial charge in [-0.1, -0.05) is 28.1 Å². The van der Waals surface area contributed by atoms with Crippen LogP contribution in [0.25, 0.3) is 0 Å². The molecule has 4 nitrogen and oxygen atoms in total. The van der Waals surface area contributed by atoms with Crippen LogP contribution < -0.4 is 0 Å². The van der Waals surface area contributed by atoms with E-state index in [1.165, 1.54) is 18.4 Å². The first kappa shape index (κ1) is 22.6. The van der Waals surface area contributed by atoms with Crippen molar-refractivity contribution < 1.29 is 9.53 Å². The number of ether oxygens (including phenoxy) is 1. The van der Waals surface area contributed by atoms with Crippen LogP contribution in [0.1, 0.15) is 65.9 Å². The Morgan fingerprint density at radius 1 is 0.966 bits per heavy atom. The second-order valence-electron chi connectivity index (χ2n) is 10.6. The molecule has 0 radical (unpaired) electrons. The van der Waals surface area contributed by atoms with Gasteiger partial charge in [-0.05, 0) is 103 Å². The fraction of sp³-hybridized carbons (Fsp3) is 0.708. The van der Waals surface area contributed by atoms with Crippen molar-refractivity contribution in [3.63, 3.8) is 0 Å². The Morgan fingerprint density at radius 3 is 2.00 bits per heavy atom. The van der Waals surface area contributed by atoms with Crippen molar-refractivity contribution in [3.05, 3.63) is 34.3 Å². The van der Waals surface area contributed by atoms with Gasteiger partial charge in [0, 0.05) is 23.1 Å². The van der Waals surface area contributed by atoms with Crippen LogP contribution in [0, 0.1) is 5.41 Å². The van der Waals surface area contributed by atoms with Crippen molar-refractivity contribution in [2.45, 2.75) is 77.9 Å². The molecule has 0 atom stereocenters. The average molecular weight is 465 g/mol. The van der Waals surface area contributed by atoms with Gasteiger partial charge < -0.3 is 9.64 Å². The van der Waals surface area contributed by atoms with Gasteiger partial charge in [0.05, 0.1) is 0 Å². The van der Waals surface area contributed by atoms with E-state index in [0.717, 1.165) is 49.9 Å². The van der Waals surface area contributed by atoms with Gasteiger partial charge in [0.15, 0.2) is 0 Å². The molecule has 2 fully saturated rings. The van der Waals surface area contributed by atoms with Gasteiger partial charge in [0.25, 0.3) is 0 Å². The minimum absolute atomic E-state index is 0.152. The average Bonchev–Trinajstić information content (AvgIpc) is 2.63. The highest BCUT2D eigenvalue weighted by molar-refractivity contribution is 9.10. The van der Waals surface area contributed by atoms with Crippen LogP contribution in [0.5, 0.6) is 0 Å². The zero-order valence-electron chi connectivity index (χ0n) is 18.8. The summed E-state index contributed by atoms with van der Waals surface area (Å²) in [4.78, 5) is 16.9. The lowest BCUT2D eigenvalue weighted by atomic mass is 9.70. The molecule has 1 amide bonds. The summed E-state index contributed by atoms with van der Waals surface area (Å²) in [5, 5.41) is 0. The van der Waals surface area contributed by atoms with Gasteiger partial charge in [-0.2, -0.15) is 0 Å². The summed E-state index contributed by atoms with van der Waals surface area (Å²) in [5.41, 5.74) is 1.54. The minimum Gasteiger partial charge on any atom is -0.444 e. The van der Waals surface area contributed by atoms with E-state index >= 15 is 0 Å². The van der Waals surface area contributed by atoms with E-state index in [1.807, 2.05) is 25.7 Å². The van der Waals surface area contributed by atoms with Gasteiger partial charge in [-0.15, -0.1) is 0 Å². The van der Waals surface area contributed by atoms with Crippen molar-refractivity contribution >= 4 is 22.0 Å². The maximum Gasteiger partial charge on any atom is 0.410 e. The second-order valence-corrected chi connectivity index (χ2v) is 11.5. The highest BCUT2D eigenvalue weighted by Gasteiger charge is 2.41. The number of likely N-dealkylation sites (tertiary alicyclic amines) is 2. The third kappa shape index (κ3) is 5.97. The quantitative estimate of drug-likeness (QED) is 0.559. The fourth-order valence-electron chi connectivity index (χ4n) is 4.79. The largest absolute Gasteiger partial charge is 0.444 e. The molecule has 0 aromatic heterocycles. The third-order valence-corrected chi connectivity index (χ3v) is 7.23. The van der Waals surface area contributed by atoms with Crippen molar-refractivity contribution in [1.29, 1.82) is 0 Å². The van der Waals surface area contributed by atoms with Crippen LogP contribution in [-0.2, 0) is 11.2 Å². The number of hydrogen-bond acceptors (Lipinski definition) is 3. The maximum absolute atomic E-state index is 12.4. The van der Waals surface area contributed by atoms with Crippen LogP contribution in [0.2, 0.25) is 0 Å². The number of amides is 1. The maximum atomic E-state index is 12.4. The Bertz CT molecular complexity index is 691. The van der Waals surface area contributed by atoms with Gasteiger partial charge in [-0.25, -0.2) is 4.79 Å². The van der Waals surface area contributed by atoms with Crippen molar-refractivity contribution in [1.82, 2.24) is 9.80 Å². The molecule has 0 unspecified atom stereocenters. The van der Waals surface area contributed by atoms with E-state index < -0.39 is 5.60 Å². The zero-order valence-corrected chi connectivity index (χ0v) is 20.3. The Kier molecular flexibility index (Phi) is 6.69. The van der Waals surface area contributed by atoms with Crippen LogP contribution in [0.15, 0.2) is 28.7 Å². The minimum atomic E-state index is -0.419. The molecule has 0 bridgehead atoms. The first-order chi connectivity index (χ1) is 13.5. The third-order valence-electron chi connectivity index (χ3n) is 6.71. The number of carbonyl (C=O) groups is 1. The summed E-state index contributed by atoms with van der Waals surface area (Å²) >= 11 is 3.53. The fourth-order valence-corrected chi connectivity index (χ4v) is 5.05. The first-order valence-corrected chi connectivity index (χ1v) is 11.7. The van der Waals surface area contributed by atoms with E-state index in [0.29, 0.717) is 5.41 Å². The summed E-state index contributed by atoms with van der Waals surface area (Å²) in [6.45, 7) is 14.5. The van der Waals surface area contributed by atoms with E-state index in [9.17, 15) is 4.79 Å². The highest BCUT2D eigenvalue weighted by atomic mass is 79.9. The van der Waals surface area contributed by atoms with Gasteiger partial charge in [0.1, 0.15) is 5.60 Å². The van der Waals surface area contributed by atoms with Crippen molar-refractivity contribution in [3.8, 4) is 0 Å². The molecule has 2 aliphatic rings. The van der Waals surface area contributed by atoms with E-state index in [2.05, 4.69) is 58.9 Å². The molecule has 29 heavy (non-hydrogen) atoms. The van der Waals surface area contributed by atoms with Crippen LogP contribution in [0.4, 0.5) is 4.79 Å². The number of nitrogens with zero attached hydrogens (tertiary/aromatic N) is 2. The number of rotatable bonds is 3. The Morgan fingerprint density at radius 2 is 1.48 bits per heavy atom. The normalized spacial score (nSPS) is 20.7. The summed E-state index contributed by atoms with van der Waals surface area (Å²) in [5.74, 6) is 0. The molecule has 1 aromatic rings. The lowest BCUT2D eigenvalue weighted by molar-refractivity contribution is -0.0161. The number of benzene rings is 1. The molecule has 5 heteroatoms. The summed E-state index contributed by atoms with van der Waals surface area (Å²) in [6, 6.07) is 8.72. The van der Waals surface area contributed by atoms with E-state index in [1.54, 1.807) is 0 Å². The highest BCUT2D eigenvalue weighted by Crippen LogP contribution is 2.43. The van der Waals surface area contributed by atoms with E-state index in [4.69, 9.17) is 4.74 Å². The molecule has 1 spiro atoms. The Hall–Kier alpha value is -1.07. The molecule has 0 N–H and O–H groups in total. The zero-order chi connectivity index (χ0) is 21.3. The molecule has 3 rings (SSSR count). The molecule has 2 aliphatic heterocycles. The molecule has 162 valence electrons. The van der Waals surface area contributed by atoms with Crippen molar-refractivity contribution in [2.75, 3.05) is 26.2 Å². The Labute approximate surface area is 185 Å². The summed E-state index contributed by atoms with van der Waals surface area (Å²) in [7, 11) is 0. The second kappa shape index (κ2) is 8.58. The lowest BCUT2D eigenvalue weighted by Crippen LogP contribution is -2.54. The van der Waals surface area contributed by atoms with Gasteiger partial charge in [0.2, 0.25) is 0 Å². The summed E-state index contributed by atoms with van der Waals surface area (Å²) in [6.07, 6.45) is 5.60. The smallest absolute Gasteiger partial charge is 0.410 e. The van der Waals surface area contributed by atoms with Crippen LogP contribution >= 0.6 is 15.9 Å². The number of halogens is 1. The standard InChI is InChI=1S/C24H37BrN2O2/c1-22(2,3)29-21(28)26-14-10-24(11-15-26)12-16-27(17-13-24)23(4,5)18-19-6-8-20(25)9-7-19/h6-9H,10-18H2,1-5H3. The topological polar surface area (TPSA) is 32.8 Å². The van der Waals surface area contributed by atoms with Crippen molar-refractivity contribution in [2.24, 2.45) is 5.41 Å². The first-order valence-electron chi connectivity index (χ1n) is 11.0. The molecule has 0 saturated carbocycles. The molecule has 0 aliphatic carbocycles. The van der Waals surface area contributed by atoms with Gasteiger partial charge >= 0.3 is 6.09 Å². The molecular formula is C24H37BrN2O2. The molecule has 2 heterocycles. The van der Waals surface area contributed by atoms with Crippen LogP contribution in [0.3, 0.4) is 0 Å². The summed E-state index contributed by atoms with van der Waals surface area (Å²) < 4.78 is 6.69. The Balaban J connectivity index is 1.51. The molecular weight excluding hydrogens is 428 g/mol. The lowest BCUT2D eigenvalue weighted by Gasteiger charge is -2.50. The van der Waals surface area contributed by atoms with E-state index in [-0.39, 0.29) is 11.6 Å². The SMILES string of the molecule is CC(C)(C)OC(=O)N1CCC2(CC1)CCN(C(C)(C)Cc1ccc(Br)cc1)CC2. The number of hydrogen-bond donors (Lipinski definition) is 0. The predicted molar refractivity (Wildman–Crippen MR) is 122 cm³/mol. The number of carbonyl (C=O) groups excluding carboxylic acids is 1. The monoisotopic (exact) mass is 464 g/mol. The molecule has 1 aromatic carbocycles. The van der Waals surface area contributed by atoms with Gasteiger partial charge in [-0.3, -0.25) is 4.90 Å². The predicted octanol–water partition coefficient (Wildman–Crippen LogP) is 5.88. The molecule has 2 saturated heterocycles. The van der Waals surface area contributed by atoms with Crippen LogP contribution in [-0.4, -0.2) is 53.2 Å².